The van der Waals surface area contributed by atoms with Crippen LogP contribution in [0.1, 0.15) is 52.4 Å². The molecule has 1 aromatic heterocycles. The normalized spacial score (nSPS) is 12.3. The summed E-state index contributed by atoms with van der Waals surface area (Å²) < 4.78 is 5.92. The van der Waals surface area contributed by atoms with Crippen molar-refractivity contribution in [2.75, 3.05) is 12.4 Å². The van der Waals surface area contributed by atoms with Crippen LogP contribution < -0.4 is 5.32 Å². The maximum Gasteiger partial charge on any atom is 0.348 e. The number of halogens is 1. The van der Waals surface area contributed by atoms with E-state index in [9.17, 15) is 9.59 Å². The number of carbonyl (C=O) groups is 2. The summed E-state index contributed by atoms with van der Waals surface area (Å²) in [5.41, 5.74) is 2.98. The van der Waals surface area contributed by atoms with Gasteiger partial charge in [0.05, 0.1) is 13.0 Å². The molecule has 2 aromatic carbocycles. The summed E-state index contributed by atoms with van der Waals surface area (Å²) in [7, 11) is 1.37. The molecule has 1 N–H and O–H groups in total. The molecule has 1 amide bonds. The average molecular weight is 547 g/mol. The summed E-state index contributed by atoms with van der Waals surface area (Å²) in [6, 6.07) is 19.6. The van der Waals surface area contributed by atoms with Crippen LogP contribution in [0.4, 0.5) is 5.69 Å². The summed E-state index contributed by atoms with van der Waals surface area (Å²) in [5.74, 6) is -0.805. The summed E-state index contributed by atoms with van der Waals surface area (Å²) in [6.45, 7) is 6.51. The molecule has 0 bridgehead atoms. The summed E-state index contributed by atoms with van der Waals surface area (Å²) in [4.78, 5) is 26.6. The first-order valence-corrected chi connectivity index (χ1v) is 11.9. The Labute approximate surface area is 201 Å². The Morgan fingerprint density at radius 1 is 1.00 bits per heavy atom. The highest BCUT2D eigenvalue weighted by Crippen LogP contribution is 2.30. The van der Waals surface area contributed by atoms with Gasteiger partial charge in [0.2, 0.25) is 5.91 Å². The number of hydrogen-bond acceptors (Lipinski definition) is 4. The van der Waals surface area contributed by atoms with Crippen molar-refractivity contribution in [3.8, 4) is 0 Å². The Bertz CT molecular complexity index is 1050. The number of amides is 1. The summed E-state index contributed by atoms with van der Waals surface area (Å²) in [6.07, 6.45) is 0.507. The highest BCUT2D eigenvalue weighted by Gasteiger charge is 2.24. The number of anilines is 1. The number of thiophene rings is 1. The van der Waals surface area contributed by atoms with E-state index in [1.165, 1.54) is 24.0 Å². The van der Waals surface area contributed by atoms with E-state index in [2.05, 4.69) is 60.8 Å². The van der Waals surface area contributed by atoms with Crippen LogP contribution in [0.2, 0.25) is 0 Å². The molecular weight excluding hydrogens is 521 g/mol. The number of rotatable bonds is 6. The second kappa shape index (κ2) is 9.96. The molecule has 3 rings (SSSR count). The van der Waals surface area contributed by atoms with Gasteiger partial charge in [-0.15, -0.1) is 11.3 Å². The summed E-state index contributed by atoms with van der Waals surface area (Å²) in [5, 5.41) is 3.04. The van der Waals surface area contributed by atoms with Crippen molar-refractivity contribution in [3.63, 3.8) is 0 Å². The highest BCUT2D eigenvalue weighted by atomic mass is 127. The van der Waals surface area contributed by atoms with Crippen LogP contribution >= 0.6 is 33.9 Å². The van der Waals surface area contributed by atoms with Gasteiger partial charge in [-0.05, 0) is 82.0 Å². The first-order chi connectivity index (χ1) is 14.7. The third kappa shape index (κ3) is 6.17. The van der Waals surface area contributed by atoms with Crippen molar-refractivity contribution in [3.05, 3.63) is 85.1 Å². The Hall–Kier alpha value is -2.19. The quantitative estimate of drug-likeness (QED) is 0.287. The molecule has 1 heterocycles. The van der Waals surface area contributed by atoms with Gasteiger partial charge < -0.3 is 10.1 Å². The number of nitrogens with one attached hydrogen (secondary N) is 1. The Morgan fingerprint density at radius 3 is 2.23 bits per heavy atom. The molecule has 162 valence electrons. The van der Waals surface area contributed by atoms with Crippen molar-refractivity contribution in [1.82, 2.24) is 0 Å². The van der Waals surface area contributed by atoms with Gasteiger partial charge in [0.15, 0.2) is 0 Å². The molecule has 0 saturated carbocycles. The molecular formula is C25H26INO3S. The van der Waals surface area contributed by atoms with Gasteiger partial charge in [0.1, 0.15) is 4.88 Å². The predicted molar refractivity (Wildman–Crippen MR) is 135 cm³/mol. The molecule has 0 saturated heterocycles. The lowest BCUT2D eigenvalue weighted by Gasteiger charge is -2.21. The van der Waals surface area contributed by atoms with E-state index < -0.39 is 0 Å². The molecule has 1 atom stereocenters. The summed E-state index contributed by atoms with van der Waals surface area (Å²) >= 11 is 3.60. The number of ether oxygens (including phenoxy) is 1. The maximum atomic E-state index is 13.3. The van der Waals surface area contributed by atoms with E-state index in [1.54, 1.807) is 6.07 Å². The minimum Gasteiger partial charge on any atom is -0.465 e. The molecule has 1 unspecified atom stereocenters. The predicted octanol–water partition coefficient (Wildman–Crippen LogP) is 6.40. The molecule has 4 nitrogen and oxygen atoms in total. The first kappa shape index (κ1) is 23.5. The fourth-order valence-electron chi connectivity index (χ4n) is 3.24. The van der Waals surface area contributed by atoms with Crippen LogP contribution in [0.15, 0.2) is 60.7 Å². The third-order valence-corrected chi connectivity index (χ3v) is 6.87. The van der Waals surface area contributed by atoms with Gasteiger partial charge in [-0.1, -0.05) is 45.0 Å². The second-order valence-corrected chi connectivity index (χ2v) is 10.8. The highest BCUT2D eigenvalue weighted by molar-refractivity contribution is 14.1. The van der Waals surface area contributed by atoms with E-state index in [-0.39, 0.29) is 23.2 Å². The smallest absolute Gasteiger partial charge is 0.348 e. The van der Waals surface area contributed by atoms with E-state index in [1.807, 2.05) is 42.5 Å². The SMILES string of the molecule is COC(=O)c1ccc(CC(C(=O)Nc2ccc(I)cc2)c2ccc(C(C)(C)C)cc2)s1. The van der Waals surface area contributed by atoms with E-state index in [4.69, 9.17) is 4.74 Å². The minimum absolute atomic E-state index is 0.0423. The van der Waals surface area contributed by atoms with Gasteiger partial charge in [0, 0.05) is 14.1 Å². The monoisotopic (exact) mass is 547 g/mol. The van der Waals surface area contributed by atoms with Crippen LogP contribution in [0.25, 0.3) is 0 Å². The van der Waals surface area contributed by atoms with E-state index >= 15 is 0 Å². The molecule has 0 aliphatic carbocycles. The minimum atomic E-state index is -0.377. The van der Waals surface area contributed by atoms with Gasteiger partial charge in [-0.3, -0.25) is 4.79 Å². The van der Waals surface area contributed by atoms with Crippen molar-refractivity contribution in [2.24, 2.45) is 0 Å². The lowest BCUT2D eigenvalue weighted by molar-refractivity contribution is -0.117. The number of esters is 1. The topological polar surface area (TPSA) is 55.4 Å². The Balaban J connectivity index is 1.89. The van der Waals surface area contributed by atoms with Gasteiger partial charge in [0.25, 0.3) is 0 Å². The number of benzene rings is 2. The largest absolute Gasteiger partial charge is 0.465 e. The lowest BCUT2D eigenvalue weighted by atomic mass is 9.85. The molecule has 3 aromatic rings. The van der Waals surface area contributed by atoms with Crippen LogP contribution in [-0.4, -0.2) is 19.0 Å². The zero-order valence-electron chi connectivity index (χ0n) is 18.1. The van der Waals surface area contributed by atoms with E-state index in [0.29, 0.717) is 11.3 Å². The number of methoxy groups -OCH3 is 1. The molecule has 0 aliphatic heterocycles. The first-order valence-electron chi connectivity index (χ1n) is 10.0. The molecule has 0 fully saturated rings. The molecule has 0 aliphatic rings. The van der Waals surface area contributed by atoms with Crippen LogP contribution in [0, 0.1) is 3.57 Å². The lowest BCUT2D eigenvalue weighted by Crippen LogP contribution is -2.23. The van der Waals surface area contributed by atoms with Gasteiger partial charge >= 0.3 is 5.97 Å². The molecule has 31 heavy (non-hydrogen) atoms. The third-order valence-electron chi connectivity index (χ3n) is 5.06. The fourth-order valence-corrected chi connectivity index (χ4v) is 4.57. The Kier molecular flexibility index (Phi) is 7.54. The average Bonchev–Trinajstić information content (AvgIpc) is 3.21. The van der Waals surface area contributed by atoms with Crippen molar-refractivity contribution >= 4 is 51.5 Å². The van der Waals surface area contributed by atoms with Gasteiger partial charge in [-0.2, -0.15) is 0 Å². The zero-order valence-corrected chi connectivity index (χ0v) is 21.0. The van der Waals surface area contributed by atoms with Crippen LogP contribution in [0.5, 0.6) is 0 Å². The standard InChI is InChI=1S/C25H26INO3S/c1-25(2,3)17-7-5-16(6-8-17)21(15-20-13-14-22(31-20)24(29)30-4)23(28)27-19-11-9-18(26)10-12-19/h5-14,21H,15H2,1-4H3,(H,27,28). The number of carbonyl (C=O) groups excluding carboxylic acids is 2. The molecule has 6 heteroatoms. The molecule has 0 radical (unpaired) electrons. The zero-order chi connectivity index (χ0) is 22.6. The van der Waals surface area contributed by atoms with Crippen LogP contribution in [-0.2, 0) is 21.4 Å². The van der Waals surface area contributed by atoms with Crippen LogP contribution in [0.3, 0.4) is 0 Å². The molecule has 0 spiro atoms. The number of hydrogen-bond donors (Lipinski definition) is 1. The van der Waals surface area contributed by atoms with E-state index in [0.717, 1.165) is 19.7 Å². The van der Waals surface area contributed by atoms with Gasteiger partial charge in [-0.25, -0.2) is 4.79 Å². The maximum absolute atomic E-state index is 13.3. The van der Waals surface area contributed by atoms with Crippen molar-refractivity contribution < 1.29 is 14.3 Å². The van der Waals surface area contributed by atoms with Crippen molar-refractivity contribution in [2.45, 2.75) is 38.5 Å². The van der Waals surface area contributed by atoms with Crippen molar-refractivity contribution in [1.29, 1.82) is 0 Å². The fraction of sp³-hybridized carbons (Fsp3) is 0.280. The second-order valence-electron chi connectivity index (χ2n) is 8.38. The Morgan fingerprint density at radius 2 is 1.65 bits per heavy atom.